The quantitative estimate of drug-likeness (QED) is 0.0734. The Morgan fingerprint density at radius 3 is 2.35 bits per heavy atom. The third kappa shape index (κ3) is 11.8. The molecule has 1 fully saturated rings. The van der Waals surface area contributed by atoms with Crippen LogP contribution in [-0.4, -0.2) is 85.6 Å². The van der Waals surface area contributed by atoms with E-state index in [1.54, 1.807) is 6.08 Å². The summed E-state index contributed by atoms with van der Waals surface area (Å²) in [7, 11) is 0. The van der Waals surface area contributed by atoms with Gasteiger partial charge in [-0.25, -0.2) is 4.79 Å². The van der Waals surface area contributed by atoms with E-state index in [1.807, 2.05) is 6.08 Å². The highest BCUT2D eigenvalue weighted by Crippen LogP contribution is 2.35. The molecule has 1 saturated carbocycles. The van der Waals surface area contributed by atoms with Gasteiger partial charge in [0, 0.05) is 0 Å². The molecule has 3 atom stereocenters. The molecule has 13 heteroatoms. The first-order valence-corrected chi connectivity index (χ1v) is 12.6. The van der Waals surface area contributed by atoms with E-state index in [1.165, 1.54) is 12.1 Å². The molecule has 0 saturated heterocycles. The summed E-state index contributed by atoms with van der Waals surface area (Å²) in [5.41, 5.74) is 5.78. The molecule has 1 aliphatic carbocycles. The first-order valence-electron chi connectivity index (χ1n) is 12.6. The van der Waals surface area contributed by atoms with Crippen molar-refractivity contribution in [2.45, 2.75) is 55.7 Å². The molecule has 0 heterocycles. The number of aliphatic hydroxyl groups excluding tert-OH is 4. The molecule has 1 aromatic carbocycles. The van der Waals surface area contributed by atoms with E-state index in [9.17, 15) is 33.3 Å². The number of ether oxygens (including phenoxy) is 1. The van der Waals surface area contributed by atoms with E-state index in [-0.39, 0.29) is 12.4 Å². The Balaban J connectivity index is 0.000000869. The van der Waals surface area contributed by atoms with Gasteiger partial charge in [0.15, 0.2) is 0 Å². The number of allylic oxidation sites excluding steroid dienone is 1. The first kappa shape index (κ1) is 35.3. The number of halogens is 3. The van der Waals surface area contributed by atoms with Crippen molar-refractivity contribution in [3.63, 3.8) is 0 Å². The third-order valence-electron chi connectivity index (χ3n) is 6.28. The Morgan fingerprint density at radius 1 is 1.15 bits per heavy atom. The van der Waals surface area contributed by atoms with E-state index in [2.05, 4.69) is 11.8 Å². The van der Waals surface area contributed by atoms with Crippen LogP contribution in [0.3, 0.4) is 0 Å². The minimum absolute atomic E-state index is 0.170. The van der Waals surface area contributed by atoms with Crippen LogP contribution in [0.25, 0.3) is 0 Å². The van der Waals surface area contributed by atoms with Crippen LogP contribution < -0.4 is 10.5 Å². The predicted molar refractivity (Wildman–Crippen MR) is 138 cm³/mol. The van der Waals surface area contributed by atoms with Gasteiger partial charge in [0.25, 0.3) is 5.79 Å². The van der Waals surface area contributed by atoms with Crippen LogP contribution in [0, 0.1) is 11.8 Å². The summed E-state index contributed by atoms with van der Waals surface area (Å²) < 4.78 is 43.6. The molecule has 0 aliphatic heterocycles. The average Bonchev–Trinajstić information content (AvgIpc) is 3.37. The third-order valence-corrected chi connectivity index (χ3v) is 6.28. The summed E-state index contributed by atoms with van der Waals surface area (Å²) >= 11 is 0. The van der Waals surface area contributed by atoms with E-state index >= 15 is 0 Å². The molecule has 1 aromatic rings. The van der Waals surface area contributed by atoms with Crippen molar-refractivity contribution in [2.24, 2.45) is 17.6 Å². The monoisotopic (exact) mass is 577 g/mol. The van der Waals surface area contributed by atoms with Crippen LogP contribution in [0.1, 0.15) is 37.7 Å². The number of nitrogens with two attached hydrogens (primary N) is 1. The van der Waals surface area contributed by atoms with E-state index in [4.69, 9.17) is 30.9 Å². The number of hydrogen-bond acceptors (Lipinski definition) is 9. The van der Waals surface area contributed by atoms with E-state index in [0.717, 1.165) is 37.5 Å². The maximum Gasteiger partial charge on any atom is 0.416 e. The highest BCUT2D eigenvalue weighted by atomic mass is 19.4. The van der Waals surface area contributed by atoms with Gasteiger partial charge in [0.05, 0.1) is 37.5 Å². The molecule has 9 N–H and O–H groups in total. The van der Waals surface area contributed by atoms with Gasteiger partial charge in [-0.15, -0.1) is 5.73 Å². The number of aliphatic carboxylic acids is 1. The maximum absolute atomic E-state index is 12.7. The highest BCUT2D eigenvalue weighted by Gasteiger charge is 2.40. The van der Waals surface area contributed by atoms with Crippen LogP contribution in [0.4, 0.5) is 13.2 Å². The second-order valence-electron chi connectivity index (χ2n) is 9.53. The minimum atomic E-state index is -4.41. The largest absolute Gasteiger partial charge is 0.493 e. The number of carboxylic acid groups (broad SMARTS) is 1. The fraction of sp³-hybridized carbons (Fsp3) is 0.556. The molecule has 0 bridgehead atoms. The second-order valence-corrected chi connectivity index (χ2v) is 9.53. The number of carboxylic acids is 1. The van der Waals surface area contributed by atoms with Crippen molar-refractivity contribution in [1.82, 2.24) is 0 Å². The Morgan fingerprint density at radius 2 is 1.80 bits per heavy atom. The van der Waals surface area contributed by atoms with Gasteiger partial charge in [0.1, 0.15) is 11.9 Å². The van der Waals surface area contributed by atoms with Crippen LogP contribution >= 0.6 is 0 Å². The average molecular weight is 578 g/mol. The second kappa shape index (κ2) is 16.5. The summed E-state index contributed by atoms with van der Waals surface area (Å²) in [6.07, 6.45) is 4.28. The van der Waals surface area contributed by atoms with Gasteiger partial charge in [0.2, 0.25) is 0 Å². The molecule has 0 radical (unpaired) electrons. The number of rotatable bonds is 13. The summed E-state index contributed by atoms with van der Waals surface area (Å²) in [5.74, 6) is -4.43. The van der Waals surface area contributed by atoms with Gasteiger partial charge < -0.3 is 46.2 Å². The van der Waals surface area contributed by atoms with Crippen LogP contribution in [0.15, 0.2) is 54.3 Å². The standard InChI is InChI=1S/C23H27F3O6.C4H11NO3/c24-23(25,26)18-11-6-12-19(15-18)32-14-4-3-8-17-10-5-9-16(17)7-1-2-13-20(27)22(30,31)21(28)29;5-4(1-6,2-7)3-8/h1,3,6,8,11-13,15-17,20,27,30-31H,4-5,7,9-10,14H2,(H,28,29);6-8H,1-3,5H2/b8-3+;/t2?,16-,17-,20?;/m0./s1. The van der Waals surface area contributed by atoms with Crippen molar-refractivity contribution >= 4 is 5.97 Å². The molecule has 0 spiro atoms. The Labute approximate surface area is 230 Å². The Bertz CT molecular complexity index is 995. The lowest BCUT2D eigenvalue weighted by molar-refractivity contribution is -0.227. The van der Waals surface area contributed by atoms with E-state index in [0.29, 0.717) is 24.7 Å². The van der Waals surface area contributed by atoms with E-state index < -0.39 is 55.0 Å². The normalized spacial score (nSPS) is 18.4. The Kier molecular flexibility index (Phi) is 14.6. The lowest BCUT2D eigenvalue weighted by atomic mass is 9.92. The minimum Gasteiger partial charge on any atom is -0.493 e. The van der Waals surface area contributed by atoms with Gasteiger partial charge in [-0.2, -0.15) is 13.2 Å². The van der Waals surface area contributed by atoms with Crippen molar-refractivity contribution in [2.75, 3.05) is 26.4 Å². The van der Waals surface area contributed by atoms with Gasteiger partial charge in [-0.05, 0) is 67.9 Å². The lowest BCUT2D eigenvalue weighted by Gasteiger charge is -2.20. The molecule has 40 heavy (non-hydrogen) atoms. The molecule has 1 aliphatic rings. The zero-order chi connectivity index (χ0) is 30.4. The fourth-order valence-electron chi connectivity index (χ4n) is 3.66. The lowest BCUT2D eigenvalue weighted by Crippen LogP contribution is -2.50. The van der Waals surface area contributed by atoms with Crippen molar-refractivity contribution in [3.05, 3.63) is 59.9 Å². The van der Waals surface area contributed by atoms with Crippen molar-refractivity contribution < 1.29 is 58.4 Å². The zero-order valence-corrected chi connectivity index (χ0v) is 21.9. The molecule has 2 rings (SSSR count). The van der Waals surface area contributed by atoms with Gasteiger partial charge in [-0.1, -0.05) is 24.6 Å². The summed E-state index contributed by atoms with van der Waals surface area (Å²) in [6, 6.07) is 4.76. The number of carbonyl (C=O) groups is 1. The number of aliphatic hydroxyl groups is 6. The number of alkyl halides is 3. The van der Waals surface area contributed by atoms with Gasteiger partial charge in [-0.3, -0.25) is 0 Å². The summed E-state index contributed by atoms with van der Waals surface area (Å²) in [6.45, 7) is -0.955. The van der Waals surface area contributed by atoms with Gasteiger partial charge >= 0.3 is 12.1 Å². The summed E-state index contributed by atoms with van der Waals surface area (Å²) in [4.78, 5) is 10.6. The number of benzene rings is 1. The number of hydrogen-bond donors (Lipinski definition) is 8. The van der Waals surface area contributed by atoms with Crippen molar-refractivity contribution in [1.29, 1.82) is 0 Å². The highest BCUT2D eigenvalue weighted by molar-refractivity contribution is 5.76. The molecular weight excluding hydrogens is 539 g/mol. The smallest absolute Gasteiger partial charge is 0.416 e. The van der Waals surface area contributed by atoms with Crippen LogP contribution in [0.5, 0.6) is 5.75 Å². The molecule has 0 aromatic heterocycles. The molecule has 226 valence electrons. The van der Waals surface area contributed by atoms with Crippen LogP contribution in [-0.2, 0) is 11.0 Å². The SMILES string of the molecule is NC(CO)(CO)CO.O=C(O)C(O)(O)C(O)C=C=CC[C@H]1CCC[C@@H]1/C=C/CCOc1cccc(C(F)(F)F)c1. The fourth-order valence-corrected chi connectivity index (χ4v) is 3.66. The topological polar surface area (TPSA) is 194 Å². The summed E-state index contributed by atoms with van der Waals surface area (Å²) in [5, 5.41) is 61.6. The Hall–Kier alpha value is -2.74. The van der Waals surface area contributed by atoms with Crippen molar-refractivity contribution in [3.8, 4) is 5.75 Å². The first-order chi connectivity index (χ1) is 18.7. The van der Waals surface area contributed by atoms with Crippen LogP contribution in [0.2, 0.25) is 0 Å². The molecule has 0 amide bonds. The molecule has 10 nitrogen and oxygen atoms in total. The zero-order valence-electron chi connectivity index (χ0n) is 21.9. The molecular formula is C27H38F3NO9. The molecule has 1 unspecified atom stereocenters. The maximum atomic E-state index is 12.7. The predicted octanol–water partition coefficient (Wildman–Crippen LogP) is 1.34.